The van der Waals surface area contributed by atoms with Crippen LogP contribution in [0.4, 0.5) is 0 Å². The number of hydrogen-bond acceptors (Lipinski definition) is 4. The summed E-state index contributed by atoms with van der Waals surface area (Å²) in [7, 11) is -1.68. The highest BCUT2D eigenvalue weighted by Crippen LogP contribution is 2.43. The van der Waals surface area contributed by atoms with E-state index in [1.54, 1.807) is 11.4 Å². The first-order valence-corrected chi connectivity index (χ1v) is 10.7. The van der Waals surface area contributed by atoms with Gasteiger partial charge in [-0.25, -0.2) is 8.42 Å². The first-order valence-electron chi connectivity index (χ1n) is 8.84. The maximum absolute atomic E-state index is 12.6. The third-order valence-electron chi connectivity index (χ3n) is 5.76. The van der Waals surface area contributed by atoms with Crippen LogP contribution in [0.1, 0.15) is 44.9 Å². The van der Waals surface area contributed by atoms with Gasteiger partial charge in [0.15, 0.2) is 0 Å². The molecule has 2 heterocycles. The zero-order chi connectivity index (χ0) is 17.4. The van der Waals surface area contributed by atoms with Gasteiger partial charge in [0.05, 0.1) is 12.9 Å². The van der Waals surface area contributed by atoms with Gasteiger partial charge in [-0.2, -0.15) is 4.31 Å². The summed E-state index contributed by atoms with van der Waals surface area (Å²) in [5, 5.41) is 0. The number of carbonyl (C=O) groups excluding carboxylic acids is 1. The van der Waals surface area contributed by atoms with Crippen molar-refractivity contribution < 1.29 is 17.9 Å². The van der Waals surface area contributed by atoms with Crippen molar-refractivity contribution in [3.05, 3.63) is 11.6 Å². The lowest BCUT2D eigenvalue weighted by atomic mass is 9.86. The Balaban J connectivity index is 1.72. The van der Waals surface area contributed by atoms with Crippen LogP contribution >= 0.6 is 0 Å². The van der Waals surface area contributed by atoms with Gasteiger partial charge in [-0.1, -0.05) is 6.08 Å². The normalized spacial score (nSPS) is 27.7. The highest BCUT2D eigenvalue weighted by molar-refractivity contribution is 7.88. The summed E-state index contributed by atoms with van der Waals surface area (Å²) >= 11 is 0. The Bertz CT molecular complexity index is 621. The van der Waals surface area contributed by atoms with Crippen LogP contribution < -0.4 is 0 Å². The molecule has 0 aromatic rings. The Kier molecular flexibility index (Phi) is 5.04. The number of amides is 1. The van der Waals surface area contributed by atoms with Crippen LogP contribution in [0.25, 0.3) is 0 Å². The molecule has 1 spiro atoms. The second kappa shape index (κ2) is 6.77. The second-order valence-electron chi connectivity index (χ2n) is 7.34. The molecule has 1 aliphatic carbocycles. The number of piperidine rings is 1. The molecular weight excluding hydrogens is 328 g/mol. The number of rotatable bonds is 4. The fraction of sp³-hybridized carbons (Fsp3) is 0.824. The minimum Gasteiger partial charge on any atom is -0.383 e. The Morgan fingerprint density at radius 2 is 2.04 bits per heavy atom. The zero-order valence-corrected chi connectivity index (χ0v) is 15.5. The standard InChI is InChI=1S/C17H28N2O4S/c1-23-13-15-7-8-17(19(15)24(2,21)22)9-11-18(12-10-17)16(20)14-5-3-4-6-14/h5,15H,3-4,6-13H2,1-2H3/t15-/m0/s1. The first kappa shape index (κ1) is 17.9. The molecule has 24 heavy (non-hydrogen) atoms. The molecule has 2 aliphatic heterocycles. The molecule has 2 saturated heterocycles. The van der Waals surface area contributed by atoms with Crippen molar-refractivity contribution in [2.45, 2.75) is 56.5 Å². The first-order chi connectivity index (χ1) is 11.4. The van der Waals surface area contributed by atoms with E-state index in [0.717, 1.165) is 50.5 Å². The Labute approximate surface area is 144 Å². The van der Waals surface area contributed by atoms with Gasteiger partial charge >= 0.3 is 0 Å². The lowest BCUT2D eigenvalue weighted by molar-refractivity contribution is -0.129. The molecule has 0 aromatic carbocycles. The predicted octanol–water partition coefficient (Wildman–Crippen LogP) is 1.53. The van der Waals surface area contributed by atoms with E-state index in [-0.39, 0.29) is 17.5 Å². The van der Waals surface area contributed by atoms with Crippen LogP contribution in [0.2, 0.25) is 0 Å². The van der Waals surface area contributed by atoms with Crippen LogP contribution in [-0.2, 0) is 19.6 Å². The fourth-order valence-corrected chi connectivity index (χ4v) is 6.37. The minimum atomic E-state index is -3.30. The summed E-state index contributed by atoms with van der Waals surface area (Å²) in [6.45, 7) is 1.72. The quantitative estimate of drug-likeness (QED) is 0.766. The lowest BCUT2D eigenvalue weighted by Crippen LogP contribution is -2.57. The smallest absolute Gasteiger partial charge is 0.249 e. The average Bonchev–Trinajstić information content (AvgIpc) is 3.16. The van der Waals surface area contributed by atoms with Crippen molar-refractivity contribution in [3.63, 3.8) is 0 Å². The Hall–Kier alpha value is -0.920. The molecule has 1 amide bonds. The number of ether oxygens (including phenoxy) is 1. The van der Waals surface area contributed by atoms with Crippen LogP contribution in [0, 0.1) is 0 Å². The summed E-state index contributed by atoms with van der Waals surface area (Å²) in [5.41, 5.74) is 0.604. The molecule has 136 valence electrons. The van der Waals surface area contributed by atoms with Crippen LogP contribution in [-0.4, -0.2) is 68.2 Å². The van der Waals surface area contributed by atoms with E-state index < -0.39 is 10.0 Å². The van der Waals surface area contributed by atoms with E-state index in [1.807, 2.05) is 4.90 Å². The van der Waals surface area contributed by atoms with Gasteiger partial charge in [0.25, 0.3) is 0 Å². The highest BCUT2D eigenvalue weighted by Gasteiger charge is 2.52. The van der Waals surface area contributed by atoms with Gasteiger partial charge < -0.3 is 9.64 Å². The average molecular weight is 356 g/mol. The van der Waals surface area contributed by atoms with Crippen LogP contribution in [0.5, 0.6) is 0 Å². The maximum atomic E-state index is 12.6. The van der Waals surface area contributed by atoms with Crippen molar-refractivity contribution in [3.8, 4) is 0 Å². The summed E-state index contributed by atoms with van der Waals surface area (Å²) < 4.78 is 31.7. The van der Waals surface area contributed by atoms with Gasteiger partial charge in [0.2, 0.25) is 15.9 Å². The van der Waals surface area contributed by atoms with Crippen molar-refractivity contribution in [1.82, 2.24) is 9.21 Å². The van der Waals surface area contributed by atoms with E-state index in [9.17, 15) is 13.2 Å². The van der Waals surface area contributed by atoms with Gasteiger partial charge in [-0.3, -0.25) is 4.79 Å². The summed E-state index contributed by atoms with van der Waals surface area (Å²) in [6, 6.07) is -0.0789. The largest absolute Gasteiger partial charge is 0.383 e. The number of nitrogens with zero attached hydrogens (tertiary/aromatic N) is 2. The van der Waals surface area contributed by atoms with Gasteiger partial charge in [0, 0.05) is 37.4 Å². The summed E-state index contributed by atoms with van der Waals surface area (Å²) in [4.78, 5) is 14.5. The SMILES string of the molecule is COC[C@@H]1CCC2(CCN(C(=O)C3=CCCC3)CC2)N1S(C)(=O)=O. The topological polar surface area (TPSA) is 66.9 Å². The molecule has 6 nitrogen and oxygen atoms in total. The molecular formula is C17H28N2O4S. The number of carbonyl (C=O) groups is 1. The molecule has 0 aromatic heterocycles. The van der Waals surface area contributed by atoms with Gasteiger partial charge in [-0.15, -0.1) is 0 Å². The molecule has 3 aliphatic rings. The van der Waals surface area contributed by atoms with Crippen LogP contribution in [0.15, 0.2) is 11.6 Å². The monoisotopic (exact) mass is 356 g/mol. The Morgan fingerprint density at radius 3 is 2.58 bits per heavy atom. The molecule has 0 N–H and O–H groups in total. The number of allylic oxidation sites excluding steroid dienone is 1. The summed E-state index contributed by atoms with van der Waals surface area (Å²) in [5.74, 6) is 0.152. The van der Waals surface area contributed by atoms with E-state index in [1.165, 1.54) is 6.26 Å². The number of methoxy groups -OCH3 is 1. The van der Waals surface area contributed by atoms with Crippen molar-refractivity contribution in [2.24, 2.45) is 0 Å². The molecule has 0 bridgehead atoms. The Morgan fingerprint density at radius 1 is 1.33 bits per heavy atom. The predicted molar refractivity (Wildman–Crippen MR) is 92.1 cm³/mol. The number of sulfonamides is 1. The van der Waals surface area contributed by atoms with E-state index in [0.29, 0.717) is 19.7 Å². The minimum absolute atomic E-state index is 0.0789. The zero-order valence-electron chi connectivity index (χ0n) is 14.7. The molecule has 0 unspecified atom stereocenters. The highest BCUT2D eigenvalue weighted by atomic mass is 32.2. The molecule has 7 heteroatoms. The van der Waals surface area contributed by atoms with Crippen molar-refractivity contribution in [2.75, 3.05) is 33.1 Å². The van der Waals surface area contributed by atoms with Gasteiger partial charge in [-0.05, 0) is 44.9 Å². The maximum Gasteiger partial charge on any atom is 0.249 e. The van der Waals surface area contributed by atoms with Crippen molar-refractivity contribution >= 4 is 15.9 Å². The molecule has 3 rings (SSSR count). The number of hydrogen-bond donors (Lipinski definition) is 0. The molecule has 0 radical (unpaired) electrons. The molecule has 2 fully saturated rings. The van der Waals surface area contributed by atoms with E-state index >= 15 is 0 Å². The number of likely N-dealkylation sites (tertiary alicyclic amines) is 1. The summed E-state index contributed by atoms with van der Waals surface area (Å²) in [6.07, 6.45) is 9.44. The fourth-order valence-electron chi connectivity index (χ4n) is 4.68. The van der Waals surface area contributed by atoms with E-state index in [2.05, 4.69) is 6.08 Å². The molecule has 0 saturated carbocycles. The molecule has 1 atom stereocenters. The lowest BCUT2D eigenvalue weighted by Gasteiger charge is -2.45. The van der Waals surface area contributed by atoms with Crippen LogP contribution in [0.3, 0.4) is 0 Å². The van der Waals surface area contributed by atoms with E-state index in [4.69, 9.17) is 4.74 Å². The van der Waals surface area contributed by atoms with Crippen molar-refractivity contribution in [1.29, 1.82) is 0 Å². The third kappa shape index (κ3) is 3.26. The van der Waals surface area contributed by atoms with Gasteiger partial charge in [0.1, 0.15) is 0 Å². The second-order valence-corrected chi connectivity index (χ2v) is 9.20. The third-order valence-corrected chi connectivity index (χ3v) is 7.16.